The second-order valence-electron chi connectivity index (χ2n) is 10.2. The Hall–Kier alpha value is -3.75. The first kappa shape index (κ1) is 31.2. The summed E-state index contributed by atoms with van der Waals surface area (Å²) in [7, 11) is -0.631. The standard InChI is InChI=1S/C28H33F3N6O4S/c1-19-17-41-15-14-37(19)25-16-22(18-42(39,40)24-7-5-4-6-23(24)28(29,30)31)33-26(35-25)20-8-10-21(11-9-20)34-27(38)32-12-13-36(2)3/h4-11,16,19H,12-15,17-18H2,1-3H3,(H2,32,34,38)/t19-/m0/s1. The fourth-order valence-corrected chi connectivity index (χ4v) is 5.91. The Bertz CT molecular complexity index is 1500. The molecule has 1 aliphatic rings. The lowest BCUT2D eigenvalue weighted by Crippen LogP contribution is -2.44. The van der Waals surface area contributed by atoms with Crippen LogP contribution in [0.4, 0.5) is 29.5 Å². The molecule has 0 radical (unpaired) electrons. The van der Waals surface area contributed by atoms with E-state index in [0.717, 1.165) is 18.2 Å². The number of nitrogens with one attached hydrogen (secondary N) is 2. The number of likely N-dealkylation sites (N-methyl/N-ethyl adjacent to an activating group) is 1. The Kier molecular flexibility index (Phi) is 9.69. The van der Waals surface area contributed by atoms with Crippen molar-refractivity contribution in [1.29, 1.82) is 0 Å². The van der Waals surface area contributed by atoms with Crippen LogP contribution in [0.15, 0.2) is 59.5 Å². The minimum absolute atomic E-state index is 0.0492. The van der Waals surface area contributed by atoms with E-state index in [1.807, 2.05) is 30.8 Å². The van der Waals surface area contributed by atoms with Crippen LogP contribution in [0, 0.1) is 0 Å². The fraction of sp³-hybridized carbons (Fsp3) is 0.393. The number of carbonyl (C=O) groups excluding carboxylic acids is 1. The van der Waals surface area contributed by atoms with Gasteiger partial charge in [-0.05, 0) is 57.4 Å². The van der Waals surface area contributed by atoms with Crippen LogP contribution in [-0.4, -0.2) is 82.3 Å². The third-order valence-electron chi connectivity index (χ3n) is 6.54. The number of amides is 2. The maximum atomic E-state index is 13.6. The lowest BCUT2D eigenvalue weighted by atomic mass is 10.2. The Morgan fingerprint density at radius 2 is 1.83 bits per heavy atom. The van der Waals surface area contributed by atoms with Gasteiger partial charge in [0.25, 0.3) is 0 Å². The molecule has 226 valence electrons. The van der Waals surface area contributed by atoms with Gasteiger partial charge in [-0.25, -0.2) is 23.2 Å². The number of ether oxygens (including phenoxy) is 1. The Morgan fingerprint density at radius 3 is 2.50 bits per heavy atom. The van der Waals surface area contributed by atoms with Crippen LogP contribution in [0.3, 0.4) is 0 Å². The van der Waals surface area contributed by atoms with Crippen LogP contribution in [0.2, 0.25) is 0 Å². The summed E-state index contributed by atoms with van der Waals surface area (Å²) in [4.78, 5) is 24.4. The molecule has 1 aliphatic heterocycles. The summed E-state index contributed by atoms with van der Waals surface area (Å²) in [6, 6.07) is 11.8. The van der Waals surface area contributed by atoms with Crippen molar-refractivity contribution in [1.82, 2.24) is 20.2 Å². The molecule has 1 aromatic heterocycles. The highest BCUT2D eigenvalue weighted by atomic mass is 32.2. The van der Waals surface area contributed by atoms with Gasteiger partial charge in [-0.1, -0.05) is 12.1 Å². The van der Waals surface area contributed by atoms with Crippen molar-refractivity contribution in [3.05, 3.63) is 65.9 Å². The number of aromatic nitrogens is 2. The molecule has 2 N–H and O–H groups in total. The maximum absolute atomic E-state index is 13.6. The van der Waals surface area contributed by atoms with Gasteiger partial charge in [0.05, 0.1) is 41.2 Å². The Labute approximate surface area is 242 Å². The molecule has 1 fully saturated rings. The number of urea groups is 1. The van der Waals surface area contributed by atoms with Gasteiger partial charge in [0.15, 0.2) is 15.7 Å². The summed E-state index contributed by atoms with van der Waals surface area (Å²) in [5.41, 5.74) is -0.125. The fourth-order valence-electron chi connectivity index (χ4n) is 4.42. The second kappa shape index (κ2) is 13.0. The summed E-state index contributed by atoms with van der Waals surface area (Å²) < 4.78 is 72.9. The van der Waals surface area contributed by atoms with E-state index in [4.69, 9.17) is 4.74 Å². The highest BCUT2D eigenvalue weighted by Gasteiger charge is 2.37. The number of benzene rings is 2. The molecule has 10 nitrogen and oxygen atoms in total. The minimum atomic E-state index is -4.84. The van der Waals surface area contributed by atoms with E-state index in [1.165, 1.54) is 12.1 Å². The van der Waals surface area contributed by atoms with Crippen LogP contribution in [0.1, 0.15) is 18.2 Å². The summed E-state index contributed by atoms with van der Waals surface area (Å²) in [6.07, 6.45) is -4.84. The second-order valence-corrected chi connectivity index (χ2v) is 12.1. The first-order valence-electron chi connectivity index (χ1n) is 13.2. The lowest BCUT2D eigenvalue weighted by Gasteiger charge is -2.34. The number of sulfone groups is 1. The third-order valence-corrected chi connectivity index (χ3v) is 8.24. The molecule has 0 spiro atoms. The Morgan fingerprint density at radius 1 is 1.12 bits per heavy atom. The monoisotopic (exact) mass is 606 g/mol. The summed E-state index contributed by atoms with van der Waals surface area (Å²) in [5.74, 6) is -0.122. The number of hydrogen-bond donors (Lipinski definition) is 2. The SMILES string of the molecule is C[C@H]1COCCN1c1cc(CS(=O)(=O)c2ccccc2C(F)(F)F)nc(-c2ccc(NC(=O)NCCN(C)C)cc2)n1. The molecule has 1 saturated heterocycles. The molecule has 0 bridgehead atoms. The Balaban J connectivity index is 1.65. The van der Waals surface area contributed by atoms with Crippen LogP contribution < -0.4 is 15.5 Å². The average molecular weight is 607 g/mol. The molecule has 42 heavy (non-hydrogen) atoms. The molecule has 2 aromatic carbocycles. The van der Waals surface area contributed by atoms with Crippen molar-refractivity contribution in [2.45, 2.75) is 29.8 Å². The van der Waals surface area contributed by atoms with Gasteiger partial charge >= 0.3 is 12.2 Å². The number of alkyl halides is 3. The van der Waals surface area contributed by atoms with Gasteiger partial charge in [0, 0.05) is 37.0 Å². The number of halogens is 3. The number of rotatable bonds is 9. The maximum Gasteiger partial charge on any atom is 0.417 e. The van der Waals surface area contributed by atoms with Gasteiger partial charge in [0.2, 0.25) is 0 Å². The number of carbonyl (C=O) groups is 1. The average Bonchev–Trinajstić information content (AvgIpc) is 2.92. The lowest BCUT2D eigenvalue weighted by molar-refractivity contribution is -0.139. The normalized spacial score (nSPS) is 16.0. The summed E-state index contributed by atoms with van der Waals surface area (Å²) in [5, 5.41) is 5.49. The number of nitrogens with zero attached hydrogens (tertiary/aromatic N) is 4. The molecular weight excluding hydrogens is 573 g/mol. The zero-order chi connectivity index (χ0) is 30.5. The predicted molar refractivity (Wildman–Crippen MR) is 153 cm³/mol. The van der Waals surface area contributed by atoms with E-state index in [0.29, 0.717) is 49.9 Å². The first-order chi connectivity index (χ1) is 19.8. The van der Waals surface area contributed by atoms with Crippen molar-refractivity contribution >= 4 is 27.4 Å². The van der Waals surface area contributed by atoms with Crippen LogP contribution in [-0.2, 0) is 26.5 Å². The van der Waals surface area contributed by atoms with E-state index in [-0.39, 0.29) is 23.6 Å². The molecule has 0 unspecified atom stereocenters. The van der Waals surface area contributed by atoms with Crippen molar-refractivity contribution in [2.75, 3.05) is 57.2 Å². The molecule has 0 aliphatic carbocycles. The molecular formula is C28H33F3N6O4S. The van der Waals surface area contributed by atoms with E-state index in [1.54, 1.807) is 24.3 Å². The topological polar surface area (TPSA) is 117 Å². The zero-order valence-corrected chi connectivity index (χ0v) is 24.3. The van der Waals surface area contributed by atoms with Crippen molar-refractivity contribution in [2.24, 2.45) is 0 Å². The summed E-state index contributed by atoms with van der Waals surface area (Å²) >= 11 is 0. The largest absolute Gasteiger partial charge is 0.417 e. The van der Waals surface area contributed by atoms with Crippen molar-refractivity contribution < 1.29 is 31.1 Å². The number of morpholine rings is 1. The van der Waals surface area contributed by atoms with Crippen LogP contribution >= 0.6 is 0 Å². The molecule has 4 rings (SSSR count). The minimum Gasteiger partial charge on any atom is -0.377 e. The number of anilines is 2. The van der Waals surface area contributed by atoms with Gasteiger partial charge in [0.1, 0.15) is 5.82 Å². The quantitative estimate of drug-likeness (QED) is 0.375. The van der Waals surface area contributed by atoms with E-state index >= 15 is 0 Å². The van der Waals surface area contributed by atoms with E-state index in [9.17, 15) is 26.4 Å². The highest BCUT2D eigenvalue weighted by Crippen LogP contribution is 2.35. The predicted octanol–water partition coefficient (Wildman–Crippen LogP) is 4.04. The van der Waals surface area contributed by atoms with Crippen molar-refractivity contribution in [3.63, 3.8) is 0 Å². The molecule has 3 aromatic rings. The molecule has 14 heteroatoms. The van der Waals surface area contributed by atoms with Gasteiger partial charge in [-0.2, -0.15) is 13.2 Å². The van der Waals surface area contributed by atoms with E-state index in [2.05, 4.69) is 20.6 Å². The third kappa shape index (κ3) is 7.95. The molecule has 2 amide bonds. The van der Waals surface area contributed by atoms with Crippen LogP contribution in [0.5, 0.6) is 0 Å². The molecule has 0 saturated carbocycles. The summed E-state index contributed by atoms with van der Waals surface area (Å²) in [6.45, 7) is 4.45. The smallest absolute Gasteiger partial charge is 0.377 e. The van der Waals surface area contributed by atoms with Gasteiger partial charge in [-0.3, -0.25) is 0 Å². The number of hydrogen-bond acceptors (Lipinski definition) is 8. The van der Waals surface area contributed by atoms with E-state index < -0.39 is 32.2 Å². The van der Waals surface area contributed by atoms with Gasteiger partial charge in [-0.15, -0.1) is 0 Å². The van der Waals surface area contributed by atoms with Crippen molar-refractivity contribution in [3.8, 4) is 11.4 Å². The molecule has 2 heterocycles. The van der Waals surface area contributed by atoms with Gasteiger partial charge < -0.3 is 25.2 Å². The van der Waals surface area contributed by atoms with Crippen LogP contribution in [0.25, 0.3) is 11.4 Å². The first-order valence-corrected chi connectivity index (χ1v) is 14.9. The zero-order valence-electron chi connectivity index (χ0n) is 23.5. The highest BCUT2D eigenvalue weighted by molar-refractivity contribution is 7.90. The molecule has 1 atom stereocenters.